The summed E-state index contributed by atoms with van der Waals surface area (Å²) in [6, 6.07) is 27.5. The van der Waals surface area contributed by atoms with Crippen LogP contribution in [0.3, 0.4) is 0 Å². The number of ether oxygens (including phenoxy) is 6. The summed E-state index contributed by atoms with van der Waals surface area (Å²) in [7, 11) is 4.91. The summed E-state index contributed by atoms with van der Waals surface area (Å²) in [6.45, 7) is 15.6. The molecule has 4 aromatic rings. The van der Waals surface area contributed by atoms with E-state index in [0.717, 1.165) is 105 Å². The average Bonchev–Trinajstić information content (AvgIpc) is 3.33. The van der Waals surface area contributed by atoms with Crippen molar-refractivity contribution in [1.82, 2.24) is 0 Å². The van der Waals surface area contributed by atoms with E-state index in [-0.39, 0.29) is 0 Å². The lowest BCUT2D eigenvalue weighted by atomic mass is 10.0. The van der Waals surface area contributed by atoms with Gasteiger partial charge in [-0.05, 0) is 142 Å². The van der Waals surface area contributed by atoms with Crippen LogP contribution >= 0.6 is 0 Å². The summed E-state index contributed by atoms with van der Waals surface area (Å²) in [6.07, 6.45) is 14.5. The Bertz CT molecular complexity index is 1710. The van der Waals surface area contributed by atoms with Gasteiger partial charge < -0.3 is 28.4 Å². The lowest BCUT2D eigenvalue weighted by Crippen LogP contribution is -1.98. The SMILES string of the molecule is C=CC.C=CC=O.CC.COCCCCCCOc1ccc(C=O)cc1.COc1ccc(-c2ccc(OC)c(C=O)c2)cc1.O=COCCCCCCOc1ccc(C=O)cc1. The van der Waals surface area contributed by atoms with Crippen LogP contribution in [0.1, 0.15) is 103 Å². The van der Waals surface area contributed by atoms with Gasteiger partial charge in [0, 0.05) is 24.8 Å². The lowest BCUT2D eigenvalue weighted by Gasteiger charge is -2.07. The molecule has 0 aromatic heterocycles. The molecular formula is C51H68O11. The number of hydrogen-bond donors (Lipinski definition) is 0. The third-order valence-corrected chi connectivity index (χ3v) is 7.91. The Kier molecular flexibility index (Phi) is 39.9. The van der Waals surface area contributed by atoms with Crippen molar-refractivity contribution in [3.63, 3.8) is 0 Å². The third-order valence-electron chi connectivity index (χ3n) is 7.91. The van der Waals surface area contributed by atoms with E-state index < -0.39 is 0 Å². The number of carbonyl (C=O) groups excluding carboxylic acids is 5. The zero-order chi connectivity index (χ0) is 46.5. The molecule has 4 aromatic carbocycles. The molecule has 0 saturated heterocycles. The summed E-state index contributed by atoms with van der Waals surface area (Å²) < 4.78 is 30.9. The van der Waals surface area contributed by atoms with Crippen molar-refractivity contribution in [3.8, 4) is 34.1 Å². The van der Waals surface area contributed by atoms with E-state index in [0.29, 0.717) is 48.4 Å². The second-order valence-electron chi connectivity index (χ2n) is 12.4. The molecule has 0 fully saturated rings. The molecule has 0 spiro atoms. The molecule has 0 radical (unpaired) electrons. The van der Waals surface area contributed by atoms with Crippen molar-refractivity contribution in [1.29, 1.82) is 0 Å². The number of rotatable bonds is 24. The highest BCUT2D eigenvalue weighted by molar-refractivity contribution is 5.83. The zero-order valence-corrected chi connectivity index (χ0v) is 37.6. The van der Waals surface area contributed by atoms with E-state index in [2.05, 4.69) is 17.9 Å². The Morgan fingerprint density at radius 2 is 0.919 bits per heavy atom. The first-order chi connectivity index (χ1) is 30.3. The van der Waals surface area contributed by atoms with Crippen LogP contribution in [0.25, 0.3) is 11.1 Å². The molecular weight excluding hydrogens is 789 g/mol. The van der Waals surface area contributed by atoms with Gasteiger partial charge in [-0.2, -0.15) is 0 Å². The fraction of sp³-hybridized carbons (Fsp3) is 0.353. The molecule has 0 aliphatic carbocycles. The number of carbonyl (C=O) groups is 5. The summed E-state index contributed by atoms with van der Waals surface area (Å²) in [5.74, 6) is 3.00. The van der Waals surface area contributed by atoms with E-state index >= 15 is 0 Å². The second kappa shape index (κ2) is 42.8. The number of allylic oxidation sites excluding steroid dienone is 2. The normalized spacial score (nSPS) is 9.13. The Morgan fingerprint density at radius 1 is 0.500 bits per heavy atom. The molecule has 0 atom stereocenters. The Balaban J connectivity index is 0. The molecule has 0 heterocycles. The lowest BCUT2D eigenvalue weighted by molar-refractivity contribution is -0.128. The van der Waals surface area contributed by atoms with Crippen molar-refractivity contribution in [2.24, 2.45) is 0 Å². The molecule has 338 valence electrons. The van der Waals surface area contributed by atoms with Crippen molar-refractivity contribution in [2.45, 2.75) is 72.1 Å². The highest BCUT2D eigenvalue weighted by Gasteiger charge is 2.05. The van der Waals surface area contributed by atoms with Gasteiger partial charge >= 0.3 is 0 Å². The van der Waals surface area contributed by atoms with Crippen LogP contribution in [0.5, 0.6) is 23.0 Å². The van der Waals surface area contributed by atoms with Gasteiger partial charge in [-0.25, -0.2) is 0 Å². The minimum Gasteiger partial charge on any atom is -0.497 e. The van der Waals surface area contributed by atoms with E-state index in [1.807, 2.05) is 69.3 Å². The van der Waals surface area contributed by atoms with Crippen LogP contribution in [-0.4, -0.2) is 79.4 Å². The first-order valence-corrected chi connectivity index (χ1v) is 20.7. The maximum atomic E-state index is 11.0. The minimum absolute atomic E-state index is 0.478. The fourth-order valence-electron chi connectivity index (χ4n) is 4.85. The van der Waals surface area contributed by atoms with E-state index in [9.17, 15) is 19.2 Å². The number of benzene rings is 4. The van der Waals surface area contributed by atoms with E-state index in [1.165, 1.54) is 12.5 Å². The van der Waals surface area contributed by atoms with Crippen molar-refractivity contribution >= 4 is 31.6 Å². The summed E-state index contributed by atoms with van der Waals surface area (Å²) >= 11 is 0. The molecule has 4 rings (SSSR count). The third kappa shape index (κ3) is 29.8. The molecule has 0 bridgehead atoms. The van der Waals surface area contributed by atoms with Crippen molar-refractivity contribution in [2.75, 3.05) is 47.8 Å². The van der Waals surface area contributed by atoms with Gasteiger partial charge in [0.2, 0.25) is 0 Å². The Labute approximate surface area is 370 Å². The number of hydrogen-bond acceptors (Lipinski definition) is 11. The zero-order valence-electron chi connectivity index (χ0n) is 37.6. The minimum atomic E-state index is 0.478. The smallest absolute Gasteiger partial charge is 0.293 e. The molecule has 0 N–H and O–H groups in total. The van der Waals surface area contributed by atoms with Crippen molar-refractivity contribution in [3.05, 3.63) is 133 Å². The van der Waals surface area contributed by atoms with Gasteiger partial charge in [-0.3, -0.25) is 24.0 Å². The number of aldehydes is 4. The molecule has 0 amide bonds. The van der Waals surface area contributed by atoms with Gasteiger partial charge in [0.1, 0.15) is 41.9 Å². The van der Waals surface area contributed by atoms with Crippen LogP contribution in [0.15, 0.2) is 116 Å². The van der Waals surface area contributed by atoms with E-state index in [1.54, 1.807) is 69.9 Å². The number of methoxy groups -OCH3 is 3. The molecule has 0 aliphatic rings. The summed E-state index contributed by atoms with van der Waals surface area (Å²) in [5.41, 5.74) is 3.88. The summed E-state index contributed by atoms with van der Waals surface area (Å²) in [4.78, 5) is 50.8. The van der Waals surface area contributed by atoms with Crippen LogP contribution < -0.4 is 18.9 Å². The highest BCUT2D eigenvalue weighted by Crippen LogP contribution is 2.27. The van der Waals surface area contributed by atoms with Gasteiger partial charge in [0.25, 0.3) is 6.47 Å². The molecule has 0 unspecified atom stereocenters. The predicted molar refractivity (Wildman–Crippen MR) is 249 cm³/mol. The second-order valence-corrected chi connectivity index (χ2v) is 12.4. The van der Waals surface area contributed by atoms with Crippen LogP contribution in [0.4, 0.5) is 0 Å². The molecule has 0 aliphatic heterocycles. The largest absolute Gasteiger partial charge is 0.497 e. The standard InChI is InChI=1S/C15H14O3.C14H18O4.C14H20O3.C3H4O.C3H6.C2H6/c1-17-14-6-3-11(4-7-14)12-5-8-15(18-2)13(9-12)10-16;15-11-13-5-7-14(8-6-13)18-10-4-2-1-3-9-17-12-16;1-16-10-4-2-3-5-11-17-14-8-6-13(12-15)7-9-14;1-2-3-4;1-3-2;1-2/h3-10H,1-2H3;5-8,11-12H,1-4,9-10H2;6-9,12H,2-5,10-11H2,1H3;2-3H,1H2;3H,1H2,2H3;1-2H3. The quantitative estimate of drug-likeness (QED) is 0.0288. The molecule has 11 heteroatoms. The van der Waals surface area contributed by atoms with E-state index in [4.69, 9.17) is 28.5 Å². The molecule has 62 heavy (non-hydrogen) atoms. The predicted octanol–water partition coefficient (Wildman–Crippen LogP) is 11.5. The average molecular weight is 857 g/mol. The van der Waals surface area contributed by atoms with Crippen LogP contribution in [0, 0.1) is 0 Å². The van der Waals surface area contributed by atoms with Gasteiger partial charge in [-0.15, -0.1) is 6.58 Å². The first kappa shape index (κ1) is 57.8. The fourth-order valence-corrected chi connectivity index (χ4v) is 4.85. The maximum Gasteiger partial charge on any atom is 0.293 e. The molecule has 11 nitrogen and oxygen atoms in total. The monoisotopic (exact) mass is 856 g/mol. The van der Waals surface area contributed by atoms with Crippen molar-refractivity contribution < 1.29 is 52.4 Å². The van der Waals surface area contributed by atoms with Gasteiger partial charge in [0.15, 0.2) is 6.29 Å². The van der Waals surface area contributed by atoms with Crippen LogP contribution in [-0.2, 0) is 19.1 Å². The first-order valence-electron chi connectivity index (χ1n) is 20.7. The topological polar surface area (TPSA) is 141 Å². The van der Waals surface area contributed by atoms with Gasteiger partial charge in [-0.1, -0.05) is 51.1 Å². The molecule has 0 saturated carbocycles. The highest BCUT2D eigenvalue weighted by atomic mass is 16.5. The Hall–Kier alpha value is -6.33. The summed E-state index contributed by atoms with van der Waals surface area (Å²) in [5, 5.41) is 0. The number of unbranched alkanes of at least 4 members (excludes halogenated alkanes) is 6. The Morgan fingerprint density at radius 3 is 1.29 bits per heavy atom. The maximum absolute atomic E-state index is 11.0. The van der Waals surface area contributed by atoms with Gasteiger partial charge in [0.05, 0.1) is 39.6 Å². The van der Waals surface area contributed by atoms with Crippen LogP contribution in [0.2, 0.25) is 0 Å².